The van der Waals surface area contributed by atoms with Gasteiger partial charge in [0.2, 0.25) is 0 Å². The Morgan fingerprint density at radius 3 is 1.22 bits per heavy atom. The van der Waals surface area contributed by atoms with Gasteiger partial charge >= 0.3 is 168 Å². The third kappa shape index (κ3) is 14.8. The molecule has 0 fully saturated rings. The first-order valence-corrected chi connectivity index (χ1v) is 20.4. The zero-order valence-electron chi connectivity index (χ0n) is 16.0. The van der Waals surface area contributed by atoms with E-state index >= 15 is 0 Å². The number of thioether (sulfide) groups is 4. The Labute approximate surface area is 167 Å². The van der Waals surface area contributed by atoms with Crippen LogP contribution in [0.3, 0.4) is 0 Å². The van der Waals surface area contributed by atoms with Crippen molar-refractivity contribution < 1.29 is 0 Å². The first-order chi connectivity index (χ1) is 11.2. The van der Waals surface area contributed by atoms with E-state index in [1.807, 2.05) is 0 Å². The molecule has 0 amide bonds. The van der Waals surface area contributed by atoms with E-state index in [4.69, 9.17) is 0 Å². The van der Waals surface area contributed by atoms with E-state index in [1.165, 1.54) is 60.2 Å². The topological polar surface area (TPSA) is 0 Å². The quantitative estimate of drug-likeness (QED) is 0.157. The van der Waals surface area contributed by atoms with Crippen molar-refractivity contribution in [3.05, 3.63) is 0 Å². The van der Waals surface area contributed by atoms with Gasteiger partial charge in [-0.15, -0.1) is 0 Å². The first-order valence-electron chi connectivity index (χ1n) is 9.38. The van der Waals surface area contributed by atoms with Crippen LogP contribution < -0.4 is 0 Å². The Kier molecular flexibility index (Phi) is 20.3. The average Bonchev–Trinajstić information content (AvgIpc) is 2.56. The van der Waals surface area contributed by atoms with Gasteiger partial charge < -0.3 is 0 Å². The zero-order chi connectivity index (χ0) is 17.2. The normalized spacial score (nSPS) is 12.0. The van der Waals surface area contributed by atoms with Gasteiger partial charge in [-0.25, -0.2) is 0 Å². The van der Waals surface area contributed by atoms with Gasteiger partial charge in [0, 0.05) is 0 Å². The number of hydrogen-bond donors (Lipinski definition) is 0. The Morgan fingerprint density at radius 2 is 0.913 bits per heavy atom. The molecule has 0 bridgehead atoms. The summed E-state index contributed by atoms with van der Waals surface area (Å²) in [5.41, 5.74) is 0. The van der Waals surface area contributed by atoms with Crippen molar-refractivity contribution in [2.24, 2.45) is 0 Å². The van der Waals surface area contributed by atoms with Crippen molar-refractivity contribution in [1.82, 2.24) is 0 Å². The molecule has 0 saturated carbocycles. The fourth-order valence-electron chi connectivity index (χ4n) is 3.32. The van der Waals surface area contributed by atoms with E-state index in [0.29, 0.717) is 0 Å². The Bertz CT molecular complexity index is 215. The second-order valence-electron chi connectivity index (χ2n) is 6.29. The van der Waals surface area contributed by atoms with Crippen LogP contribution in [0.5, 0.6) is 0 Å². The van der Waals surface area contributed by atoms with E-state index < -0.39 is 13.3 Å². The minimum atomic E-state index is -1.61. The van der Waals surface area contributed by atoms with Crippen molar-refractivity contribution in [2.75, 3.05) is 47.0 Å². The maximum absolute atomic E-state index is 2.30. The Hall–Kier alpha value is 1.94. The van der Waals surface area contributed by atoms with Crippen molar-refractivity contribution >= 4 is 60.3 Å². The molecule has 0 aromatic carbocycles. The van der Waals surface area contributed by atoms with Crippen molar-refractivity contribution in [2.45, 2.75) is 60.5 Å². The number of hydrogen-bond acceptors (Lipinski definition) is 4. The summed E-state index contributed by atoms with van der Waals surface area (Å²) in [6.45, 7) is 4.61. The van der Waals surface area contributed by atoms with Gasteiger partial charge in [0.05, 0.1) is 0 Å². The molecule has 0 heterocycles. The van der Waals surface area contributed by atoms with Crippen molar-refractivity contribution in [3.63, 3.8) is 0 Å². The molecule has 0 radical (unpaired) electrons. The van der Waals surface area contributed by atoms with Crippen LogP contribution in [0.2, 0.25) is 21.0 Å². The molecule has 0 spiro atoms. The first kappa shape index (κ1) is 24.9. The molecule has 0 aliphatic heterocycles. The minimum absolute atomic E-state index is 1.30. The molecule has 0 rings (SSSR count). The fourth-order valence-corrected chi connectivity index (χ4v) is 18.5. The van der Waals surface area contributed by atoms with E-state index in [2.05, 4.69) is 73.4 Å². The fraction of sp³-hybridized carbons (Fsp3) is 1.00. The van der Waals surface area contributed by atoms with E-state index in [1.54, 1.807) is 21.0 Å². The second-order valence-corrected chi connectivity index (χ2v) is 21.5. The third-order valence-electron chi connectivity index (χ3n) is 4.51. The molecule has 0 aromatic rings. The molecule has 0 unspecified atom stereocenters. The molecule has 0 aromatic heterocycles. The predicted octanol–water partition coefficient (Wildman–Crippen LogP) is 7.23. The van der Waals surface area contributed by atoms with Gasteiger partial charge in [-0.3, -0.25) is 0 Å². The van der Waals surface area contributed by atoms with Crippen LogP contribution in [0.15, 0.2) is 0 Å². The Balaban J connectivity index is 4.55. The summed E-state index contributed by atoms with van der Waals surface area (Å²) in [6.07, 6.45) is 10.6. The van der Waals surface area contributed by atoms with Gasteiger partial charge in [-0.1, -0.05) is 0 Å². The van der Waals surface area contributed by atoms with Gasteiger partial charge in [-0.2, -0.15) is 0 Å². The molecule has 0 aliphatic rings. The maximum atomic E-state index is 2.30. The molecule has 140 valence electrons. The van der Waals surface area contributed by atoms with Crippen LogP contribution in [0, 0.1) is 0 Å². The van der Waals surface area contributed by atoms with Crippen LogP contribution >= 0.6 is 47.0 Å². The monoisotopic (exact) mass is 458 g/mol. The van der Waals surface area contributed by atoms with E-state index in [0.717, 1.165) is 0 Å². The van der Waals surface area contributed by atoms with Crippen molar-refractivity contribution in [1.29, 1.82) is 0 Å². The van der Waals surface area contributed by atoms with Crippen LogP contribution in [-0.4, -0.2) is 60.3 Å². The summed E-state index contributed by atoms with van der Waals surface area (Å²) >= 11 is 6.81. The summed E-state index contributed by atoms with van der Waals surface area (Å²) in [5.74, 6) is 8.21. The van der Waals surface area contributed by atoms with E-state index in [-0.39, 0.29) is 0 Å². The molecule has 0 saturated heterocycles. The molecule has 0 N–H and O–H groups in total. The molecule has 5 heteroatoms. The molecule has 0 aliphatic carbocycles. The average molecular weight is 457 g/mol. The van der Waals surface area contributed by atoms with Crippen LogP contribution in [-0.2, 0) is 0 Å². The SMILES string of the molecule is CCSCC[CH2][Ge]([CH2]CCSC)([CH2]CCSC)[CH2]CCSCC. The third-order valence-corrected chi connectivity index (χ3v) is 19.7. The predicted molar refractivity (Wildman–Crippen MR) is 126 cm³/mol. The summed E-state index contributed by atoms with van der Waals surface area (Å²) in [6, 6.07) is 0. The molecule has 0 atom stereocenters. The summed E-state index contributed by atoms with van der Waals surface area (Å²) in [4.78, 5) is 0. The second kappa shape index (κ2) is 18.7. The van der Waals surface area contributed by atoms with Gasteiger partial charge in [0.25, 0.3) is 0 Å². The van der Waals surface area contributed by atoms with E-state index in [9.17, 15) is 0 Å². The van der Waals surface area contributed by atoms with Gasteiger partial charge in [0.1, 0.15) is 0 Å². The standard InChI is InChI=1S/C18H40GeS4/c1-5-22-17-9-13-19(11-7-15-20-3,12-8-16-21-4)14-10-18-23-6-2/h5-18H2,1-4H3. The van der Waals surface area contributed by atoms with Crippen LogP contribution in [0.4, 0.5) is 0 Å². The van der Waals surface area contributed by atoms with Gasteiger partial charge in [0.15, 0.2) is 0 Å². The Morgan fingerprint density at radius 1 is 0.565 bits per heavy atom. The summed E-state index contributed by atoms with van der Waals surface area (Å²) in [7, 11) is 0. The van der Waals surface area contributed by atoms with Crippen molar-refractivity contribution in [3.8, 4) is 0 Å². The van der Waals surface area contributed by atoms with Crippen LogP contribution in [0.1, 0.15) is 39.5 Å². The molecular formula is C18H40GeS4. The van der Waals surface area contributed by atoms with Gasteiger partial charge in [-0.05, 0) is 0 Å². The number of rotatable bonds is 18. The summed E-state index contributed by atoms with van der Waals surface area (Å²) < 4.78 is 0. The zero-order valence-corrected chi connectivity index (χ0v) is 21.4. The van der Waals surface area contributed by atoms with Crippen LogP contribution in [0.25, 0.3) is 0 Å². The summed E-state index contributed by atoms with van der Waals surface area (Å²) in [5, 5.41) is 6.63. The molecular weight excluding hydrogens is 417 g/mol. The molecule has 0 nitrogen and oxygen atoms in total. The molecule has 23 heavy (non-hydrogen) atoms.